The summed E-state index contributed by atoms with van der Waals surface area (Å²) in [6, 6.07) is 17.9. The normalized spacial score (nSPS) is 17.4. The Balaban J connectivity index is 1.65. The number of carboxylic acid groups (broad SMARTS) is 1. The van der Waals surface area contributed by atoms with Crippen molar-refractivity contribution < 1.29 is 24.2 Å². The van der Waals surface area contributed by atoms with Crippen LogP contribution in [0.1, 0.15) is 40.4 Å². The Morgan fingerprint density at radius 2 is 1.71 bits per heavy atom. The molecule has 2 atom stereocenters. The summed E-state index contributed by atoms with van der Waals surface area (Å²) in [6.07, 6.45) is 0.831. The number of nitrogens with zero attached hydrogens (tertiary/aromatic N) is 1. The second-order valence-electron chi connectivity index (χ2n) is 7.99. The molecule has 8 heteroatoms. The van der Waals surface area contributed by atoms with E-state index in [1.807, 2.05) is 24.3 Å². The van der Waals surface area contributed by atoms with Crippen LogP contribution in [-0.2, 0) is 11.4 Å². The molecule has 0 bridgehead atoms. The number of benzene rings is 3. The Hall–Kier alpha value is -3.22. The molecule has 1 heterocycles. The van der Waals surface area contributed by atoms with Crippen molar-refractivity contribution in [3.8, 4) is 11.5 Å². The maximum atomic E-state index is 13.7. The molecule has 4 rings (SSSR count). The fourth-order valence-electron chi connectivity index (χ4n) is 4.18. The standard InChI is InChI=1S/C26H23Cl2NO5/c1-33-19-12-17(13-20(14-19)34-15-16-6-8-18(27)9-7-16)25(30)29-23(10-11-24(29)26(31)32)21-4-2-3-5-22(21)28/h2-9,12-14,23-24H,10-11,15H2,1H3,(H,31,32)/t23-,24+/m1/s1. The van der Waals surface area contributed by atoms with Crippen molar-refractivity contribution in [3.63, 3.8) is 0 Å². The predicted molar refractivity (Wildman–Crippen MR) is 130 cm³/mol. The number of amides is 1. The zero-order valence-corrected chi connectivity index (χ0v) is 19.9. The number of carbonyl (C=O) groups is 2. The van der Waals surface area contributed by atoms with Gasteiger partial charge in [-0.15, -0.1) is 0 Å². The molecule has 0 spiro atoms. The smallest absolute Gasteiger partial charge is 0.326 e. The van der Waals surface area contributed by atoms with Gasteiger partial charge in [0.2, 0.25) is 0 Å². The molecule has 3 aromatic carbocycles. The van der Waals surface area contributed by atoms with Crippen molar-refractivity contribution in [2.45, 2.75) is 31.5 Å². The fourth-order valence-corrected chi connectivity index (χ4v) is 4.57. The van der Waals surface area contributed by atoms with Crippen LogP contribution in [0.25, 0.3) is 0 Å². The highest BCUT2D eigenvalue weighted by Crippen LogP contribution is 2.40. The predicted octanol–water partition coefficient (Wildman–Crippen LogP) is 6.01. The number of hydrogen-bond acceptors (Lipinski definition) is 4. The van der Waals surface area contributed by atoms with Gasteiger partial charge in [-0.3, -0.25) is 4.79 Å². The molecule has 1 amide bonds. The van der Waals surface area contributed by atoms with Gasteiger partial charge in [0, 0.05) is 21.7 Å². The molecule has 1 aliphatic rings. The van der Waals surface area contributed by atoms with Crippen molar-refractivity contribution in [1.29, 1.82) is 0 Å². The Bertz CT molecular complexity index is 1200. The Kier molecular flexibility index (Phi) is 7.29. The van der Waals surface area contributed by atoms with Gasteiger partial charge in [-0.05, 0) is 54.3 Å². The monoisotopic (exact) mass is 499 g/mol. The molecule has 1 saturated heterocycles. The Morgan fingerprint density at radius 3 is 2.38 bits per heavy atom. The molecule has 1 N–H and O–H groups in total. The fraction of sp³-hybridized carbons (Fsp3) is 0.231. The minimum Gasteiger partial charge on any atom is -0.497 e. The van der Waals surface area contributed by atoms with E-state index in [-0.39, 0.29) is 12.2 Å². The lowest BCUT2D eigenvalue weighted by atomic mass is 10.0. The van der Waals surface area contributed by atoms with Gasteiger partial charge in [0.25, 0.3) is 5.91 Å². The number of ether oxygens (including phenoxy) is 2. The van der Waals surface area contributed by atoms with Crippen LogP contribution in [0.5, 0.6) is 11.5 Å². The number of halogens is 2. The summed E-state index contributed by atoms with van der Waals surface area (Å²) in [6.45, 7) is 0.266. The number of aliphatic carboxylic acids is 1. The largest absolute Gasteiger partial charge is 0.497 e. The highest BCUT2D eigenvalue weighted by Gasteiger charge is 2.42. The van der Waals surface area contributed by atoms with Crippen LogP contribution in [0.4, 0.5) is 0 Å². The van der Waals surface area contributed by atoms with Gasteiger partial charge in [-0.1, -0.05) is 53.5 Å². The van der Waals surface area contributed by atoms with E-state index >= 15 is 0 Å². The van der Waals surface area contributed by atoms with E-state index in [2.05, 4.69) is 0 Å². The van der Waals surface area contributed by atoms with Gasteiger partial charge >= 0.3 is 5.97 Å². The maximum Gasteiger partial charge on any atom is 0.326 e. The van der Waals surface area contributed by atoms with E-state index < -0.39 is 24.0 Å². The Morgan fingerprint density at radius 1 is 1.00 bits per heavy atom. The zero-order chi connectivity index (χ0) is 24.2. The van der Waals surface area contributed by atoms with Crippen LogP contribution < -0.4 is 9.47 Å². The van der Waals surface area contributed by atoms with Gasteiger partial charge in [0.15, 0.2) is 0 Å². The molecule has 6 nitrogen and oxygen atoms in total. The third kappa shape index (κ3) is 5.13. The van der Waals surface area contributed by atoms with E-state index in [4.69, 9.17) is 32.7 Å². The quantitative estimate of drug-likeness (QED) is 0.430. The average Bonchev–Trinajstić information content (AvgIpc) is 3.28. The molecule has 0 saturated carbocycles. The zero-order valence-electron chi connectivity index (χ0n) is 18.4. The molecule has 0 aromatic heterocycles. The van der Waals surface area contributed by atoms with E-state index in [0.29, 0.717) is 34.4 Å². The van der Waals surface area contributed by atoms with E-state index in [0.717, 1.165) is 11.1 Å². The van der Waals surface area contributed by atoms with Crippen LogP contribution >= 0.6 is 23.2 Å². The first kappa shape index (κ1) is 23.9. The van der Waals surface area contributed by atoms with Crippen molar-refractivity contribution in [2.24, 2.45) is 0 Å². The molecule has 3 aromatic rings. The van der Waals surface area contributed by atoms with E-state index in [1.54, 1.807) is 42.5 Å². The van der Waals surface area contributed by atoms with Gasteiger partial charge in [-0.25, -0.2) is 4.79 Å². The average molecular weight is 500 g/mol. The van der Waals surface area contributed by atoms with Crippen LogP contribution in [0.15, 0.2) is 66.7 Å². The molecular weight excluding hydrogens is 477 g/mol. The first-order valence-corrected chi connectivity index (χ1v) is 11.5. The first-order chi connectivity index (χ1) is 16.4. The van der Waals surface area contributed by atoms with Crippen molar-refractivity contribution in [2.75, 3.05) is 7.11 Å². The molecule has 0 unspecified atom stereocenters. The molecule has 0 radical (unpaired) electrons. The minimum atomic E-state index is -1.05. The van der Waals surface area contributed by atoms with Crippen LogP contribution in [0.3, 0.4) is 0 Å². The molecule has 1 aliphatic heterocycles. The third-order valence-electron chi connectivity index (χ3n) is 5.85. The van der Waals surface area contributed by atoms with Crippen LogP contribution in [0, 0.1) is 0 Å². The number of carbonyl (C=O) groups excluding carboxylic acids is 1. The molecular formula is C26H23Cl2NO5. The minimum absolute atomic E-state index is 0.266. The summed E-state index contributed by atoms with van der Waals surface area (Å²) in [5.41, 5.74) is 1.91. The summed E-state index contributed by atoms with van der Waals surface area (Å²) in [5.74, 6) is -0.620. The van der Waals surface area contributed by atoms with Crippen molar-refractivity contribution >= 4 is 35.1 Å². The summed E-state index contributed by atoms with van der Waals surface area (Å²) in [5, 5.41) is 10.9. The van der Waals surface area contributed by atoms with E-state index in [1.165, 1.54) is 12.0 Å². The number of methoxy groups -OCH3 is 1. The van der Waals surface area contributed by atoms with Gasteiger partial charge in [-0.2, -0.15) is 0 Å². The van der Waals surface area contributed by atoms with Crippen molar-refractivity contribution in [3.05, 3.63) is 93.5 Å². The lowest BCUT2D eigenvalue weighted by molar-refractivity contribution is -0.141. The highest BCUT2D eigenvalue weighted by atomic mass is 35.5. The summed E-state index contributed by atoms with van der Waals surface area (Å²) in [7, 11) is 1.50. The first-order valence-electron chi connectivity index (χ1n) is 10.7. The van der Waals surface area contributed by atoms with Gasteiger partial charge < -0.3 is 19.5 Å². The van der Waals surface area contributed by atoms with Crippen LogP contribution in [-0.4, -0.2) is 35.0 Å². The molecule has 0 aliphatic carbocycles. The summed E-state index contributed by atoms with van der Waals surface area (Å²) >= 11 is 12.3. The number of likely N-dealkylation sites (tertiary alicyclic amines) is 1. The topological polar surface area (TPSA) is 76.1 Å². The maximum absolute atomic E-state index is 13.7. The summed E-state index contributed by atoms with van der Waals surface area (Å²) in [4.78, 5) is 27.1. The third-order valence-corrected chi connectivity index (χ3v) is 6.45. The number of hydrogen-bond donors (Lipinski definition) is 1. The second-order valence-corrected chi connectivity index (χ2v) is 8.84. The van der Waals surface area contributed by atoms with Crippen molar-refractivity contribution in [1.82, 2.24) is 4.90 Å². The lowest BCUT2D eigenvalue weighted by Gasteiger charge is -2.29. The van der Waals surface area contributed by atoms with Crippen LogP contribution in [0.2, 0.25) is 10.0 Å². The lowest BCUT2D eigenvalue weighted by Crippen LogP contribution is -2.41. The van der Waals surface area contributed by atoms with Gasteiger partial charge in [0.05, 0.1) is 13.2 Å². The number of carboxylic acids is 1. The molecule has 34 heavy (non-hydrogen) atoms. The SMILES string of the molecule is COc1cc(OCc2ccc(Cl)cc2)cc(C(=O)N2[C@@H](c3ccccc3Cl)CC[C@H]2C(=O)O)c1. The second kappa shape index (κ2) is 10.4. The van der Waals surface area contributed by atoms with Gasteiger partial charge in [0.1, 0.15) is 24.1 Å². The number of rotatable bonds is 7. The highest BCUT2D eigenvalue weighted by molar-refractivity contribution is 6.31. The van der Waals surface area contributed by atoms with E-state index in [9.17, 15) is 14.7 Å². The summed E-state index contributed by atoms with van der Waals surface area (Å²) < 4.78 is 11.3. The molecule has 176 valence electrons. The Labute approximate surface area is 207 Å². The molecule has 1 fully saturated rings.